The number of esters is 1. The second kappa shape index (κ2) is 8.67. The van der Waals surface area contributed by atoms with Crippen LogP contribution in [0.15, 0.2) is 48.7 Å². The molecule has 0 fully saturated rings. The van der Waals surface area contributed by atoms with Crippen molar-refractivity contribution >= 4 is 28.2 Å². The van der Waals surface area contributed by atoms with Gasteiger partial charge in [-0.2, -0.15) is 0 Å². The standard InChI is InChI=1S/C23H26N2O2/c1-4-6-9-17-11-13-18(14-12-17)25-22-19-10-7-8-16(3)21(19)24-15-20(22)23(26)27-5-2/h7-8,10-15H,4-6,9H2,1-3H3,(H,24,25). The van der Waals surface area contributed by atoms with Crippen molar-refractivity contribution in [2.75, 3.05) is 11.9 Å². The Balaban J connectivity index is 2.01. The number of aryl methyl sites for hydroxylation is 2. The second-order valence-electron chi connectivity index (χ2n) is 6.66. The fourth-order valence-electron chi connectivity index (χ4n) is 3.15. The summed E-state index contributed by atoms with van der Waals surface area (Å²) in [5.74, 6) is -0.365. The van der Waals surface area contributed by atoms with Gasteiger partial charge in [0.15, 0.2) is 0 Å². The first-order valence-corrected chi connectivity index (χ1v) is 9.55. The molecule has 0 aliphatic carbocycles. The Morgan fingerprint density at radius 3 is 2.59 bits per heavy atom. The summed E-state index contributed by atoms with van der Waals surface area (Å²) in [5, 5.41) is 4.34. The van der Waals surface area contributed by atoms with Gasteiger partial charge in [0.25, 0.3) is 0 Å². The number of nitrogens with one attached hydrogen (secondary N) is 1. The average Bonchev–Trinajstić information content (AvgIpc) is 2.68. The van der Waals surface area contributed by atoms with Gasteiger partial charge < -0.3 is 10.1 Å². The number of hydrogen-bond donors (Lipinski definition) is 1. The highest BCUT2D eigenvalue weighted by Crippen LogP contribution is 2.31. The van der Waals surface area contributed by atoms with Gasteiger partial charge in [0.2, 0.25) is 0 Å². The van der Waals surface area contributed by atoms with Gasteiger partial charge in [-0.3, -0.25) is 4.98 Å². The van der Waals surface area contributed by atoms with E-state index < -0.39 is 0 Å². The number of aromatic nitrogens is 1. The van der Waals surface area contributed by atoms with Crippen LogP contribution in [-0.4, -0.2) is 17.6 Å². The first-order chi connectivity index (χ1) is 13.1. The van der Waals surface area contributed by atoms with Crippen molar-refractivity contribution in [2.24, 2.45) is 0 Å². The molecule has 1 aromatic heterocycles. The highest BCUT2D eigenvalue weighted by molar-refractivity contribution is 6.06. The summed E-state index contributed by atoms with van der Waals surface area (Å²) in [4.78, 5) is 16.9. The Labute approximate surface area is 160 Å². The number of hydrogen-bond acceptors (Lipinski definition) is 4. The molecule has 0 aliphatic heterocycles. The van der Waals surface area contributed by atoms with Crippen molar-refractivity contribution in [2.45, 2.75) is 40.0 Å². The smallest absolute Gasteiger partial charge is 0.341 e. The normalized spacial score (nSPS) is 10.8. The lowest BCUT2D eigenvalue weighted by molar-refractivity contribution is 0.0527. The van der Waals surface area contributed by atoms with Crippen LogP contribution in [0.5, 0.6) is 0 Å². The minimum Gasteiger partial charge on any atom is -0.462 e. The molecule has 0 amide bonds. The Bertz CT molecular complexity index is 933. The van der Waals surface area contributed by atoms with Crippen molar-refractivity contribution < 1.29 is 9.53 Å². The summed E-state index contributed by atoms with van der Waals surface area (Å²) >= 11 is 0. The summed E-state index contributed by atoms with van der Waals surface area (Å²) in [6, 6.07) is 14.4. The van der Waals surface area contributed by atoms with Crippen LogP contribution in [0.4, 0.5) is 11.4 Å². The Morgan fingerprint density at radius 2 is 1.89 bits per heavy atom. The maximum Gasteiger partial charge on any atom is 0.341 e. The summed E-state index contributed by atoms with van der Waals surface area (Å²) in [6.45, 7) is 6.35. The zero-order valence-electron chi connectivity index (χ0n) is 16.2. The molecule has 0 aliphatic rings. The fraction of sp³-hybridized carbons (Fsp3) is 0.304. The number of carbonyl (C=O) groups is 1. The van der Waals surface area contributed by atoms with E-state index in [2.05, 4.69) is 41.5 Å². The molecule has 0 saturated heterocycles. The van der Waals surface area contributed by atoms with Gasteiger partial charge in [-0.1, -0.05) is 43.7 Å². The molecule has 0 unspecified atom stereocenters. The molecule has 4 heteroatoms. The predicted octanol–water partition coefficient (Wildman–Crippen LogP) is 5.81. The quantitative estimate of drug-likeness (QED) is 0.539. The minimum atomic E-state index is -0.365. The van der Waals surface area contributed by atoms with Crippen LogP contribution in [0, 0.1) is 6.92 Å². The van der Waals surface area contributed by atoms with Crippen molar-refractivity contribution in [3.8, 4) is 0 Å². The van der Waals surface area contributed by atoms with Crippen molar-refractivity contribution in [1.82, 2.24) is 4.98 Å². The number of anilines is 2. The molecule has 27 heavy (non-hydrogen) atoms. The molecule has 0 spiro atoms. The zero-order valence-corrected chi connectivity index (χ0v) is 16.2. The maximum absolute atomic E-state index is 12.5. The Morgan fingerprint density at radius 1 is 1.11 bits per heavy atom. The molecular weight excluding hydrogens is 336 g/mol. The van der Waals surface area contributed by atoms with E-state index in [1.54, 1.807) is 13.1 Å². The largest absolute Gasteiger partial charge is 0.462 e. The molecular formula is C23H26N2O2. The van der Waals surface area contributed by atoms with Crippen LogP contribution >= 0.6 is 0 Å². The van der Waals surface area contributed by atoms with E-state index in [0.29, 0.717) is 12.2 Å². The number of nitrogens with zero attached hydrogens (tertiary/aromatic N) is 1. The first kappa shape index (κ1) is 18.9. The Hall–Kier alpha value is -2.88. The van der Waals surface area contributed by atoms with E-state index in [4.69, 9.17) is 4.74 Å². The van der Waals surface area contributed by atoms with Gasteiger partial charge in [0.05, 0.1) is 17.8 Å². The highest BCUT2D eigenvalue weighted by atomic mass is 16.5. The van der Waals surface area contributed by atoms with Crippen molar-refractivity contribution in [1.29, 1.82) is 0 Å². The number of fused-ring (bicyclic) bond motifs is 1. The number of rotatable bonds is 7. The second-order valence-corrected chi connectivity index (χ2v) is 6.66. The molecule has 0 bridgehead atoms. The zero-order chi connectivity index (χ0) is 19.2. The van der Waals surface area contributed by atoms with Gasteiger partial charge in [-0.25, -0.2) is 4.79 Å². The van der Waals surface area contributed by atoms with Crippen LogP contribution in [0.1, 0.15) is 48.2 Å². The lowest BCUT2D eigenvalue weighted by Crippen LogP contribution is -2.09. The number of pyridine rings is 1. The van der Waals surface area contributed by atoms with Gasteiger partial charge in [-0.05, 0) is 49.9 Å². The molecule has 140 valence electrons. The number of unbranched alkanes of at least 4 members (excludes halogenated alkanes) is 1. The summed E-state index contributed by atoms with van der Waals surface area (Å²) in [5.41, 5.74) is 5.40. The maximum atomic E-state index is 12.5. The third kappa shape index (κ3) is 4.27. The monoisotopic (exact) mass is 362 g/mol. The van der Waals surface area contributed by atoms with Crippen molar-refractivity contribution in [3.63, 3.8) is 0 Å². The third-order valence-electron chi connectivity index (χ3n) is 4.64. The molecule has 1 N–H and O–H groups in total. The van der Waals surface area contributed by atoms with E-state index in [-0.39, 0.29) is 5.97 Å². The van der Waals surface area contributed by atoms with Gasteiger partial charge in [0.1, 0.15) is 5.56 Å². The molecule has 0 radical (unpaired) electrons. The Kier molecular flexibility index (Phi) is 6.07. The molecule has 1 heterocycles. The molecule has 0 saturated carbocycles. The van der Waals surface area contributed by atoms with Crippen LogP contribution in [-0.2, 0) is 11.2 Å². The third-order valence-corrected chi connectivity index (χ3v) is 4.64. The number of ether oxygens (including phenoxy) is 1. The van der Waals surface area contributed by atoms with Crippen molar-refractivity contribution in [3.05, 3.63) is 65.4 Å². The summed E-state index contributed by atoms with van der Waals surface area (Å²) in [6.07, 6.45) is 5.06. The van der Waals surface area contributed by atoms with E-state index in [0.717, 1.165) is 34.3 Å². The number of benzene rings is 2. The molecule has 0 atom stereocenters. The first-order valence-electron chi connectivity index (χ1n) is 9.55. The predicted molar refractivity (Wildman–Crippen MR) is 111 cm³/mol. The van der Waals surface area contributed by atoms with E-state index in [1.165, 1.54) is 18.4 Å². The summed E-state index contributed by atoms with van der Waals surface area (Å²) < 4.78 is 5.23. The van der Waals surface area contributed by atoms with Crippen LogP contribution in [0.25, 0.3) is 10.9 Å². The molecule has 3 rings (SSSR count). The summed E-state index contributed by atoms with van der Waals surface area (Å²) in [7, 11) is 0. The van der Waals surface area contributed by atoms with Gasteiger partial charge in [0, 0.05) is 17.3 Å². The van der Waals surface area contributed by atoms with Gasteiger partial charge in [-0.15, -0.1) is 0 Å². The van der Waals surface area contributed by atoms with E-state index in [1.807, 2.05) is 25.1 Å². The van der Waals surface area contributed by atoms with Crippen LogP contribution < -0.4 is 5.32 Å². The molecule has 3 aromatic rings. The van der Waals surface area contributed by atoms with E-state index in [9.17, 15) is 4.79 Å². The fourth-order valence-corrected chi connectivity index (χ4v) is 3.15. The number of para-hydroxylation sites is 1. The van der Waals surface area contributed by atoms with E-state index >= 15 is 0 Å². The molecule has 2 aromatic carbocycles. The lowest BCUT2D eigenvalue weighted by Gasteiger charge is -2.15. The van der Waals surface area contributed by atoms with Crippen LogP contribution in [0.2, 0.25) is 0 Å². The SMILES string of the molecule is CCCCc1ccc(Nc2c(C(=O)OCC)cnc3c(C)cccc23)cc1. The van der Waals surface area contributed by atoms with Crippen LogP contribution in [0.3, 0.4) is 0 Å². The number of carbonyl (C=O) groups excluding carboxylic acids is 1. The highest BCUT2D eigenvalue weighted by Gasteiger charge is 2.17. The lowest BCUT2D eigenvalue weighted by atomic mass is 10.0. The molecule has 4 nitrogen and oxygen atoms in total. The van der Waals surface area contributed by atoms with Gasteiger partial charge >= 0.3 is 5.97 Å². The average molecular weight is 362 g/mol. The minimum absolute atomic E-state index is 0.330. The topological polar surface area (TPSA) is 51.2 Å².